The van der Waals surface area contributed by atoms with Crippen LogP contribution in [0.15, 0.2) is 24.5 Å². The highest BCUT2D eigenvalue weighted by Gasteiger charge is 2.28. The number of aryl methyl sites for hydroxylation is 1. The summed E-state index contributed by atoms with van der Waals surface area (Å²) in [5.41, 5.74) is 2.43. The van der Waals surface area contributed by atoms with Crippen molar-refractivity contribution in [2.45, 2.75) is 19.4 Å². The molecule has 0 radical (unpaired) electrons. The van der Waals surface area contributed by atoms with E-state index in [1.54, 1.807) is 12.4 Å². The second kappa shape index (κ2) is 4.96. The first-order valence-electron chi connectivity index (χ1n) is 6.50. The molecule has 0 aromatic carbocycles. The summed E-state index contributed by atoms with van der Waals surface area (Å²) in [6, 6.07) is 4.02. The molecule has 104 valence electrons. The van der Waals surface area contributed by atoms with Crippen molar-refractivity contribution in [1.82, 2.24) is 14.8 Å². The van der Waals surface area contributed by atoms with Crippen molar-refractivity contribution in [3.05, 3.63) is 41.3 Å². The number of anilines is 1. The molecule has 6 nitrogen and oxygen atoms in total. The van der Waals surface area contributed by atoms with E-state index in [-0.39, 0.29) is 5.97 Å². The van der Waals surface area contributed by atoms with Crippen LogP contribution in [0.1, 0.15) is 27.5 Å². The smallest absolute Gasteiger partial charge is 0.343 e. The zero-order valence-corrected chi connectivity index (χ0v) is 11.5. The standard InChI is InChI=1S/C14H16N4O2/c1-9-12(14(19)20-2)13-16-7-11(8-18(13)17-9)10-3-5-15-6-4-10/h3-6,11,16H,7-8H2,1-2H3. The Labute approximate surface area is 116 Å². The van der Waals surface area contributed by atoms with E-state index in [0.29, 0.717) is 17.2 Å². The summed E-state index contributed by atoms with van der Waals surface area (Å²) in [4.78, 5) is 15.8. The van der Waals surface area contributed by atoms with E-state index in [1.165, 1.54) is 12.7 Å². The van der Waals surface area contributed by atoms with Gasteiger partial charge in [-0.05, 0) is 24.6 Å². The predicted molar refractivity (Wildman–Crippen MR) is 73.8 cm³/mol. The highest BCUT2D eigenvalue weighted by Crippen LogP contribution is 2.29. The molecule has 1 unspecified atom stereocenters. The van der Waals surface area contributed by atoms with Gasteiger partial charge < -0.3 is 10.1 Å². The molecule has 1 atom stereocenters. The first-order chi connectivity index (χ1) is 9.70. The number of ether oxygens (including phenoxy) is 1. The summed E-state index contributed by atoms with van der Waals surface area (Å²) < 4.78 is 6.66. The van der Waals surface area contributed by atoms with Gasteiger partial charge in [-0.2, -0.15) is 5.10 Å². The van der Waals surface area contributed by atoms with Crippen LogP contribution in [0.5, 0.6) is 0 Å². The predicted octanol–water partition coefficient (Wildman–Crippen LogP) is 1.58. The topological polar surface area (TPSA) is 69.0 Å². The number of fused-ring (bicyclic) bond motifs is 1. The number of aromatic nitrogens is 3. The molecule has 1 aliphatic heterocycles. The normalized spacial score (nSPS) is 17.2. The van der Waals surface area contributed by atoms with E-state index in [9.17, 15) is 4.79 Å². The third-order valence-corrected chi connectivity index (χ3v) is 3.60. The van der Waals surface area contributed by atoms with Gasteiger partial charge in [-0.1, -0.05) is 0 Å². The number of nitrogens with one attached hydrogen (secondary N) is 1. The monoisotopic (exact) mass is 272 g/mol. The molecule has 1 N–H and O–H groups in total. The molecular weight excluding hydrogens is 256 g/mol. The average Bonchev–Trinajstić information content (AvgIpc) is 2.82. The summed E-state index contributed by atoms with van der Waals surface area (Å²) in [6.45, 7) is 3.32. The van der Waals surface area contributed by atoms with Crippen molar-refractivity contribution < 1.29 is 9.53 Å². The molecule has 1 aliphatic rings. The van der Waals surface area contributed by atoms with Gasteiger partial charge in [-0.25, -0.2) is 9.48 Å². The van der Waals surface area contributed by atoms with Crippen molar-refractivity contribution in [1.29, 1.82) is 0 Å². The number of carbonyl (C=O) groups excluding carboxylic acids is 1. The van der Waals surface area contributed by atoms with Gasteiger partial charge in [0, 0.05) is 24.9 Å². The van der Waals surface area contributed by atoms with Crippen LogP contribution in [0.4, 0.5) is 5.82 Å². The van der Waals surface area contributed by atoms with Crippen molar-refractivity contribution in [3.63, 3.8) is 0 Å². The molecule has 2 aromatic rings. The van der Waals surface area contributed by atoms with Crippen LogP contribution in [0, 0.1) is 6.92 Å². The van der Waals surface area contributed by atoms with Crippen molar-refractivity contribution in [2.75, 3.05) is 19.0 Å². The minimum Gasteiger partial charge on any atom is -0.465 e. The van der Waals surface area contributed by atoms with Crippen LogP contribution in [-0.2, 0) is 11.3 Å². The molecule has 6 heteroatoms. The minimum absolute atomic E-state index is 0.315. The lowest BCUT2D eigenvalue weighted by molar-refractivity contribution is 0.0601. The number of hydrogen-bond acceptors (Lipinski definition) is 5. The van der Waals surface area contributed by atoms with Gasteiger partial charge in [0.05, 0.1) is 19.3 Å². The van der Waals surface area contributed by atoms with Crippen LogP contribution in [0.25, 0.3) is 0 Å². The van der Waals surface area contributed by atoms with Gasteiger partial charge in [0.2, 0.25) is 0 Å². The first kappa shape index (κ1) is 12.7. The largest absolute Gasteiger partial charge is 0.465 e. The van der Waals surface area contributed by atoms with Crippen molar-refractivity contribution in [3.8, 4) is 0 Å². The van der Waals surface area contributed by atoms with E-state index >= 15 is 0 Å². The van der Waals surface area contributed by atoms with E-state index in [4.69, 9.17) is 4.74 Å². The zero-order valence-electron chi connectivity index (χ0n) is 11.5. The number of nitrogens with zero attached hydrogens (tertiary/aromatic N) is 3. The Morgan fingerprint density at radius 2 is 2.20 bits per heavy atom. The Bertz CT molecular complexity index is 636. The van der Waals surface area contributed by atoms with Gasteiger partial charge in [-0.15, -0.1) is 0 Å². The minimum atomic E-state index is -0.349. The molecule has 0 bridgehead atoms. The van der Waals surface area contributed by atoms with Crippen molar-refractivity contribution >= 4 is 11.8 Å². The third kappa shape index (κ3) is 2.03. The molecule has 0 saturated heterocycles. The molecular formula is C14H16N4O2. The van der Waals surface area contributed by atoms with Crippen LogP contribution in [0.2, 0.25) is 0 Å². The van der Waals surface area contributed by atoms with Gasteiger partial charge in [0.1, 0.15) is 11.4 Å². The van der Waals surface area contributed by atoms with Crippen LogP contribution < -0.4 is 5.32 Å². The Balaban J connectivity index is 1.92. The third-order valence-electron chi connectivity index (χ3n) is 3.60. The van der Waals surface area contributed by atoms with E-state index in [0.717, 1.165) is 18.9 Å². The van der Waals surface area contributed by atoms with Gasteiger partial charge in [-0.3, -0.25) is 4.98 Å². The number of methoxy groups -OCH3 is 1. The van der Waals surface area contributed by atoms with E-state index in [1.807, 2.05) is 23.7 Å². The molecule has 0 aliphatic carbocycles. The Morgan fingerprint density at radius 3 is 2.90 bits per heavy atom. The molecule has 0 saturated carbocycles. The summed E-state index contributed by atoms with van der Waals surface area (Å²) >= 11 is 0. The number of pyridine rings is 1. The molecule has 20 heavy (non-hydrogen) atoms. The lowest BCUT2D eigenvalue weighted by Crippen LogP contribution is -2.27. The second-order valence-electron chi connectivity index (χ2n) is 4.84. The van der Waals surface area contributed by atoms with E-state index < -0.39 is 0 Å². The van der Waals surface area contributed by atoms with Gasteiger partial charge >= 0.3 is 5.97 Å². The molecule has 0 spiro atoms. The lowest BCUT2D eigenvalue weighted by Gasteiger charge is -2.25. The maximum atomic E-state index is 11.8. The van der Waals surface area contributed by atoms with Crippen molar-refractivity contribution in [2.24, 2.45) is 0 Å². The lowest BCUT2D eigenvalue weighted by atomic mass is 9.99. The molecule has 0 amide bonds. The van der Waals surface area contributed by atoms with Crippen LogP contribution in [0.3, 0.4) is 0 Å². The Kier molecular flexibility index (Phi) is 3.14. The molecule has 3 rings (SSSR count). The summed E-state index contributed by atoms with van der Waals surface area (Å²) in [5.74, 6) is 0.716. The highest BCUT2D eigenvalue weighted by molar-refractivity contribution is 5.96. The Hall–Kier alpha value is -2.37. The SMILES string of the molecule is COC(=O)c1c(C)nn2c1NCC(c1ccncc1)C2. The van der Waals surface area contributed by atoms with Crippen LogP contribution in [-0.4, -0.2) is 34.4 Å². The van der Waals surface area contributed by atoms with Gasteiger partial charge in [0.25, 0.3) is 0 Å². The highest BCUT2D eigenvalue weighted by atomic mass is 16.5. The molecule has 3 heterocycles. The first-order valence-corrected chi connectivity index (χ1v) is 6.50. The number of rotatable bonds is 2. The second-order valence-corrected chi connectivity index (χ2v) is 4.84. The molecule has 2 aromatic heterocycles. The van der Waals surface area contributed by atoms with Crippen LogP contribution >= 0.6 is 0 Å². The fourth-order valence-corrected chi connectivity index (χ4v) is 2.59. The zero-order chi connectivity index (χ0) is 14.1. The fourth-order valence-electron chi connectivity index (χ4n) is 2.59. The summed E-state index contributed by atoms with van der Waals surface area (Å²) in [7, 11) is 1.38. The number of carbonyl (C=O) groups is 1. The van der Waals surface area contributed by atoms with E-state index in [2.05, 4.69) is 15.4 Å². The summed E-state index contributed by atoms with van der Waals surface area (Å²) in [6.07, 6.45) is 3.58. The maximum absolute atomic E-state index is 11.8. The molecule has 0 fully saturated rings. The van der Waals surface area contributed by atoms with Gasteiger partial charge in [0.15, 0.2) is 0 Å². The average molecular weight is 272 g/mol. The maximum Gasteiger partial charge on any atom is 0.343 e. The summed E-state index contributed by atoms with van der Waals surface area (Å²) in [5, 5.41) is 7.73. The number of hydrogen-bond donors (Lipinski definition) is 1. The number of esters is 1. The quantitative estimate of drug-likeness (QED) is 0.841. The fraction of sp³-hybridized carbons (Fsp3) is 0.357. The Morgan fingerprint density at radius 1 is 1.45 bits per heavy atom.